The molecule has 5 nitrogen and oxygen atoms in total. The second-order valence-electron chi connectivity index (χ2n) is 7.47. The maximum atomic E-state index is 13.4. The number of hydrogen-bond acceptors (Lipinski definition) is 3. The SMILES string of the molecule is O=C(C1CCCCN1S(=O)(=O)C1=Cc2ccccc2CC1)N1CCCC1. The highest BCUT2D eigenvalue weighted by Crippen LogP contribution is 2.32. The van der Waals surface area contributed by atoms with Gasteiger partial charge in [0, 0.05) is 19.6 Å². The summed E-state index contributed by atoms with van der Waals surface area (Å²) in [4.78, 5) is 15.2. The molecule has 2 saturated heterocycles. The van der Waals surface area contributed by atoms with Crippen LogP contribution in [0.25, 0.3) is 6.08 Å². The minimum Gasteiger partial charge on any atom is -0.341 e. The van der Waals surface area contributed by atoms with Gasteiger partial charge < -0.3 is 4.90 Å². The van der Waals surface area contributed by atoms with Gasteiger partial charge in [0.05, 0.1) is 4.91 Å². The Morgan fingerprint density at radius 1 is 0.962 bits per heavy atom. The Kier molecular flexibility index (Phi) is 4.88. The highest BCUT2D eigenvalue weighted by molar-refractivity contribution is 7.93. The van der Waals surface area contributed by atoms with Gasteiger partial charge in [-0.3, -0.25) is 4.79 Å². The first kappa shape index (κ1) is 17.7. The third-order valence-electron chi connectivity index (χ3n) is 5.81. The number of carbonyl (C=O) groups excluding carboxylic acids is 1. The highest BCUT2D eigenvalue weighted by atomic mass is 32.2. The largest absolute Gasteiger partial charge is 0.341 e. The molecule has 3 aliphatic rings. The van der Waals surface area contributed by atoms with Gasteiger partial charge in [0.1, 0.15) is 6.04 Å². The van der Waals surface area contributed by atoms with Gasteiger partial charge >= 0.3 is 0 Å². The van der Waals surface area contributed by atoms with Crippen molar-refractivity contribution >= 4 is 22.0 Å². The smallest absolute Gasteiger partial charge is 0.241 e. The summed E-state index contributed by atoms with van der Waals surface area (Å²) in [5, 5.41) is 0. The summed E-state index contributed by atoms with van der Waals surface area (Å²) in [5.74, 6) is 0.00239. The lowest BCUT2D eigenvalue weighted by Crippen LogP contribution is -2.52. The van der Waals surface area contributed by atoms with Crippen molar-refractivity contribution in [2.24, 2.45) is 0 Å². The van der Waals surface area contributed by atoms with E-state index in [0.717, 1.165) is 50.8 Å². The van der Waals surface area contributed by atoms with Crippen molar-refractivity contribution in [3.05, 3.63) is 40.3 Å². The number of amides is 1. The summed E-state index contributed by atoms with van der Waals surface area (Å²) in [5.41, 5.74) is 2.17. The molecule has 1 aromatic rings. The van der Waals surface area contributed by atoms with Crippen LogP contribution >= 0.6 is 0 Å². The standard InChI is InChI=1S/C20H26N2O3S/c23-20(21-12-5-6-13-21)19-9-3-4-14-22(19)26(24,25)18-11-10-16-7-1-2-8-17(16)15-18/h1-2,7-8,15,19H,3-6,9-14H2. The molecule has 0 radical (unpaired) electrons. The lowest BCUT2D eigenvalue weighted by Gasteiger charge is -2.36. The zero-order chi connectivity index (χ0) is 18.1. The molecule has 2 heterocycles. The van der Waals surface area contributed by atoms with Crippen LogP contribution in [0.4, 0.5) is 0 Å². The monoisotopic (exact) mass is 374 g/mol. The Morgan fingerprint density at radius 2 is 1.69 bits per heavy atom. The minimum atomic E-state index is -3.60. The van der Waals surface area contributed by atoms with Crippen LogP contribution in [-0.4, -0.2) is 49.2 Å². The third kappa shape index (κ3) is 3.21. The average Bonchev–Trinajstić information content (AvgIpc) is 3.22. The number of piperidine rings is 1. The molecule has 1 aliphatic carbocycles. The fraction of sp³-hybridized carbons (Fsp3) is 0.550. The fourth-order valence-electron chi connectivity index (χ4n) is 4.35. The van der Waals surface area contributed by atoms with Crippen molar-refractivity contribution in [1.29, 1.82) is 0 Å². The Morgan fingerprint density at radius 3 is 2.50 bits per heavy atom. The van der Waals surface area contributed by atoms with Gasteiger partial charge in [-0.05, 0) is 55.7 Å². The van der Waals surface area contributed by atoms with Crippen molar-refractivity contribution in [3.8, 4) is 0 Å². The molecule has 2 fully saturated rings. The Hall–Kier alpha value is -1.66. The van der Waals surface area contributed by atoms with Gasteiger partial charge in [0.25, 0.3) is 0 Å². The number of rotatable bonds is 3. The first-order chi connectivity index (χ1) is 12.6. The molecular formula is C20H26N2O3S. The first-order valence-electron chi connectivity index (χ1n) is 9.66. The van der Waals surface area contributed by atoms with E-state index in [4.69, 9.17) is 0 Å². The van der Waals surface area contributed by atoms with E-state index in [0.29, 0.717) is 24.3 Å². The van der Waals surface area contributed by atoms with Gasteiger partial charge in [-0.25, -0.2) is 8.42 Å². The quantitative estimate of drug-likeness (QED) is 0.817. The molecule has 1 atom stereocenters. The molecule has 6 heteroatoms. The van der Waals surface area contributed by atoms with Gasteiger partial charge in [0.15, 0.2) is 0 Å². The second kappa shape index (κ2) is 7.16. The predicted molar refractivity (Wildman–Crippen MR) is 102 cm³/mol. The molecule has 0 aromatic heterocycles. The van der Waals surface area contributed by atoms with E-state index in [9.17, 15) is 13.2 Å². The maximum Gasteiger partial charge on any atom is 0.241 e. The molecule has 1 amide bonds. The van der Waals surface area contributed by atoms with E-state index in [-0.39, 0.29) is 5.91 Å². The van der Waals surface area contributed by atoms with E-state index in [1.807, 2.05) is 23.1 Å². The molecule has 140 valence electrons. The van der Waals surface area contributed by atoms with Crippen molar-refractivity contribution in [3.63, 3.8) is 0 Å². The van der Waals surface area contributed by atoms with E-state index in [1.165, 1.54) is 9.87 Å². The minimum absolute atomic E-state index is 0.00239. The van der Waals surface area contributed by atoms with Crippen molar-refractivity contribution in [2.45, 2.75) is 51.0 Å². The van der Waals surface area contributed by atoms with E-state index < -0.39 is 16.1 Å². The van der Waals surface area contributed by atoms with Crippen molar-refractivity contribution in [1.82, 2.24) is 9.21 Å². The number of aryl methyl sites for hydroxylation is 1. The molecule has 26 heavy (non-hydrogen) atoms. The van der Waals surface area contributed by atoms with Crippen LogP contribution in [0, 0.1) is 0 Å². The number of carbonyl (C=O) groups is 1. The van der Waals surface area contributed by atoms with Gasteiger partial charge in [-0.2, -0.15) is 4.31 Å². The summed E-state index contributed by atoms with van der Waals surface area (Å²) < 4.78 is 28.2. The summed E-state index contributed by atoms with van der Waals surface area (Å²) in [6.45, 7) is 1.98. The summed E-state index contributed by atoms with van der Waals surface area (Å²) >= 11 is 0. The lowest BCUT2D eigenvalue weighted by molar-refractivity contribution is -0.135. The van der Waals surface area contributed by atoms with Crippen LogP contribution < -0.4 is 0 Å². The Bertz CT molecular complexity index is 825. The molecule has 0 bridgehead atoms. The molecule has 0 saturated carbocycles. The van der Waals surface area contributed by atoms with E-state index >= 15 is 0 Å². The maximum absolute atomic E-state index is 13.4. The van der Waals surface area contributed by atoms with E-state index in [1.54, 1.807) is 6.08 Å². The van der Waals surface area contributed by atoms with Crippen LogP contribution in [0.15, 0.2) is 29.2 Å². The van der Waals surface area contributed by atoms with Crippen LogP contribution in [0.5, 0.6) is 0 Å². The van der Waals surface area contributed by atoms with Gasteiger partial charge in [-0.1, -0.05) is 30.7 Å². The summed E-state index contributed by atoms with van der Waals surface area (Å²) in [7, 11) is -3.60. The highest BCUT2D eigenvalue weighted by Gasteiger charge is 2.40. The predicted octanol–water partition coefficient (Wildman–Crippen LogP) is 2.78. The topological polar surface area (TPSA) is 57.7 Å². The van der Waals surface area contributed by atoms with Crippen LogP contribution in [0.2, 0.25) is 0 Å². The lowest BCUT2D eigenvalue weighted by atomic mass is 9.98. The first-order valence-corrected chi connectivity index (χ1v) is 11.1. The molecule has 1 aromatic carbocycles. The number of fused-ring (bicyclic) bond motifs is 1. The van der Waals surface area contributed by atoms with Crippen LogP contribution in [0.3, 0.4) is 0 Å². The van der Waals surface area contributed by atoms with Gasteiger partial charge in [0.2, 0.25) is 15.9 Å². The number of benzene rings is 1. The summed E-state index contributed by atoms with van der Waals surface area (Å²) in [6.07, 6.45) is 7.48. The average molecular weight is 375 g/mol. The molecule has 0 N–H and O–H groups in total. The third-order valence-corrected chi connectivity index (χ3v) is 7.85. The zero-order valence-electron chi connectivity index (χ0n) is 15.1. The molecule has 0 spiro atoms. The van der Waals surface area contributed by atoms with Crippen LogP contribution in [0.1, 0.15) is 49.7 Å². The fourth-order valence-corrected chi connectivity index (χ4v) is 6.19. The number of nitrogens with zero attached hydrogens (tertiary/aromatic N) is 2. The number of hydrogen-bond donors (Lipinski definition) is 0. The zero-order valence-corrected chi connectivity index (χ0v) is 15.9. The van der Waals surface area contributed by atoms with Crippen LogP contribution in [-0.2, 0) is 21.2 Å². The second-order valence-corrected chi connectivity index (χ2v) is 9.41. The number of likely N-dealkylation sites (tertiary alicyclic amines) is 1. The summed E-state index contributed by atoms with van der Waals surface area (Å²) in [6, 6.07) is 7.42. The Labute approximate surface area is 155 Å². The van der Waals surface area contributed by atoms with Crippen molar-refractivity contribution in [2.75, 3.05) is 19.6 Å². The normalized spacial score (nSPS) is 24.2. The van der Waals surface area contributed by atoms with E-state index in [2.05, 4.69) is 6.07 Å². The molecule has 4 rings (SSSR count). The Balaban J connectivity index is 1.63. The number of sulfonamides is 1. The number of allylic oxidation sites excluding steroid dienone is 1. The van der Waals surface area contributed by atoms with Gasteiger partial charge in [-0.15, -0.1) is 0 Å². The van der Waals surface area contributed by atoms with Crippen molar-refractivity contribution < 1.29 is 13.2 Å². The molecular weight excluding hydrogens is 348 g/mol. The molecule has 2 aliphatic heterocycles. The molecule has 1 unspecified atom stereocenters.